The number of halogens is 1. The first kappa shape index (κ1) is 14.4. The fourth-order valence-corrected chi connectivity index (χ4v) is 2.30. The normalized spacial score (nSPS) is 10.2. The van der Waals surface area contributed by atoms with Crippen molar-refractivity contribution in [1.82, 2.24) is 0 Å². The number of nitrogens with one attached hydrogen (secondary N) is 2. The van der Waals surface area contributed by atoms with Gasteiger partial charge in [-0.15, -0.1) is 0 Å². The molecule has 2 aromatic carbocycles. The van der Waals surface area contributed by atoms with Crippen molar-refractivity contribution < 1.29 is 4.79 Å². The van der Waals surface area contributed by atoms with Crippen LogP contribution in [0.3, 0.4) is 0 Å². The van der Waals surface area contributed by atoms with Crippen molar-refractivity contribution in [3.05, 3.63) is 58.1 Å². The molecule has 0 aliphatic carbocycles. The number of carbonyl (C=O) groups excluding carboxylic acids is 1. The Morgan fingerprint density at radius 2 is 1.90 bits per heavy atom. The third-order valence-electron chi connectivity index (χ3n) is 3.15. The maximum Gasteiger partial charge on any atom is 0.257 e. The van der Waals surface area contributed by atoms with Gasteiger partial charge >= 0.3 is 0 Å². The summed E-state index contributed by atoms with van der Waals surface area (Å²) in [5, 5.41) is 6.45. The molecule has 0 saturated heterocycles. The predicted molar refractivity (Wildman–Crippen MR) is 84.9 cm³/mol. The highest BCUT2D eigenvalue weighted by atomic mass is 35.5. The molecule has 4 heteroatoms. The van der Waals surface area contributed by atoms with Gasteiger partial charge in [-0.05, 0) is 43.2 Å². The van der Waals surface area contributed by atoms with Crippen LogP contribution in [0, 0.1) is 13.8 Å². The summed E-state index contributed by atoms with van der Waals surface area (Å²) < 4.78 is 0. The van der Waals surface area contributed by atoms with Crippen molar-refractivity contribution in [2.45, 2.75) is 13.8 Å². The summed E-state index contributed by atoms with van der Waals surface area (Å²) in [7, 11) is 1.80. The van der Waals surface area contributed by atoms with Gasteiger partial charge < -0.3 is 10.6 Å². The second-order valence-electron chi connectivity index (χ2n) is 4.68. The van der Waals surface area contributed by atoms with E-state index in [0.29, 0.717) is 16.3 Å². The van der Waals surface area contributed by atoms with E-state index in [9.17, 15) is 4.79 Å². The lowest BCUT2D eigenvalue weighted by Gasteiger charge is -2.13. The van der Waals surface area contributed by atoms with Crippen LogP contribution in [0.4, 0.5) is 11.4 Å². The van der Waals surface area contributed by atoms with Crippen LogP contribution in [0.5, 0.6) is 0 Å². The van der Waals surface area contributed by atoms with Crippen molar-refractivity contribution in [3.8, 4) is 0 Å². The first-order chi connectivity index (χ1) is 9.52. The molecule has 0 atom stereocenters. The van der Waals surface area contributed by atoms with E-state index in [2.05, 4.69) is 10.6 Å². The Morgan fingerprint density at radius 3 is 2.55 bits per heavy atom. The van der Waals surface area contributed by atoms with Crippen LogP contribution in [0.25, 0.3) is 0 Å². The highest BCUT2D eigenvalue weighted by Gasteiger charge is 2.13. The first-order valence-electron chi connectivity index (χ1n) is 6.38. The van der Waals surface area contributed by atoms with Gasteiger partial charge in [0, 0.05) is 12.7 Å². The van der Waals surface area contributed by atoms with E-state index < -0.39 is 0 Å². The smallest absolute Gasteiger partial charge is 0.257 e. The number of carbonyl (C=O) groups is 1. The summed E-state index contributed by atoms with van der Waals surface area (Å²) in [6, 6.07) is 11.2. The van der Waals surface area contributed by atoms with E-state index in [4.69, 9.17) is 11.6 Å². The second kappa shape index (κ2) is 5.97. The molecular weight excluding hydrogens is 272 g/mol. The molecule has 1 amide bonds. The summed E-state index contributed by atoms with van der Waals surface area (Å²) >= 11 is 6.13. The lowest BCUT2D eigenvalue weighted by Crippen LogP contribution is -2.15. The molecule has 0 fully saturated rings. The minimum atomic E-state index is -0.175. The maximum atomic E-state index is 12.4. The Morgan fingerprint density at radius 1 is 1.15 bits per heavy atom. The van der Waals surface area contributed by atoms with E-state index >= 15 is 0 Å². The molecule has 0 unspecified atom stereocenters. The number of hydrogen-bond acceptors (Lipinski definition) is 2. The maximum absolute atomic E-state index is 12.4. The number of benzene rings is 2. The van der Waals surface area contributed by atoms with Gasteiger partial charge in [-0.2, -0.15) is 0 Å². The van der Waals surface area contributed by atoms with Gasteiger partial charge in [0.25, 0.3) is 5.91 Å². The SMILES string of the molecule is CNc1cc(C)ccc1C(=O)Nc1c(C)cccc1Cl. The Balaban J connectivity index is 2.33. The highest BCUT2D eigenvalue weighted by Crippen LogP contribution is 2.27. The number of amides is 1. The summed E-state index contributed by atoms with van der Waals surface area (Å²) in [4.78, 5) is 12.4. The zero-order valence-electron chi connectivity index (χ0n) is 11.8. The Bertz CT molecular complexity index is 633. The minimum absolute atomic E-state index is 0.175. The van der Waals surface area contributed by atoms with E-state index in [1.54, 1.807) is 13.1 Å². The van der Waals surface area contributed by atoms with Crippen LogP contribution in [-0.4, -0.2) is 13.0 Å². The van der Waals surface area contributed by atoms with Gasteiger partial charge in [-0.1, -0.05) is 29.8 Å². The topological polar surface area (TPSA) is 41.1 Å². The van der Waals surface area contributed by atoms with E-state index in [1.165, 1.54) is 0 Å². The van der Waals surface area contributed by atoms with Gasteiger partial charge in [-0.25, -0.2) is 0 Å². The molecule has 0 saturated carbocycles. The second-order valence-corrected chi connectivity index (χ2v) is 5.09. The number of rotatable bonds is 3. The molecule has 3 nitrogen and oxygen atoms in total. The van der Waals surface area contributed by atoms with Crippen molar-refractivity contribution in [3.63, 3.8) is 0 Å². The lowest BCUT2D eigenvalue weighted by molar-refractivity contribution is 0.102. The van der Waals surface area contributed by atoms with Crippen LogP contribution in [0.2, 0.25) is 5.02 Å². The molecule has 0 aliphatic rings. The van der Waals surface area contributed by atoms with Gasteiger partial charge in [0.2, 0.25) is 0 Å². The van der Waals surface area contributed by atoms with Gasteiger partial charge in [0.05, 0.1) is 16.3 Å². The molecule has 2 rings (SSSR count). The number of aryl methyl sites for hydroxylation is 2. The monoisotopic (exact) mass is 288 g/mol. The van der Waals surface area contributed by atoms with Crippen LogP contribution >= 0.6 is 11.6 Å². The van der Waals surface area contributed by atoms with Crippen LogP contribution in [0.1, 0.15) is 21.5 Å². The van der Waals surface area contributed by atoms with Crippen molar-refractivity contribution >= 4 is 28.9 Å². The Hall–Kier alpha value is -2.00. The average Bonchev–Trinajstić information content (AvgIpc) is 2.42. The van der Waals surface area contributed by atoms with Gasteiger partial charge in [0.15, 0.2) is 0 Å². The minimum Gasteiger partial charge on any atom is -0.387 e. The Kier molecular flexibility index (Phi) is 4.30. The standard InChI is InChI=1S/C16H17ClN2O/c1-10-7-8-12(14(9-10)18-3)16(20)19-15-11(2)5-4-6-13(15)17/h4-9,18H,1-3H3,(H,19,20). The zero-order chi connectivity index (χ0) is 14.7. The summed E-state index contributed by atoms with van der Waals surface area (Å²) in [6.07, 6.45) is 0. The molecule has 0 bridgehead atoms. The van der Waals surface area contributed by atoms with Crippen LogP contribution in [-0.2, 0) is 0 Å². The zero-order valence-corrected chi connectivity index (χ0v) is 12.5. The molecule has 0 radical (unpaired) electrons. The summed E-state index contributed by atoms with van der Waals surface area (Å²) in [5.41, 5.74) is 4.08. The molecule has 104 valence electrons. The molecule has 20 heavy (non-hydrogen) atoms. The summed E-state index contributed by atoms with van der Waals surface area (Å²) in [6.45, 7) is 3.90. The molecular formula is C16H17ClN2O. The first-order valence-corrected chi connectivity index (χ1v) is 6.75. The number of hydrogen-bond donors (Lipinski definition) is 2. The van der Waals surface area contributed by atoms with Crippen LogP contribution in [0.15, 0.2) is 36.4 Å². The van der Waals surface area contributed by atoms with Gasteiger partial charge in [-0.3, -0.25) is 4.79 Å². The largest absolute Gasteiger partial charge is 0.387 e. The van der Waals surface area contributed by atoms with Crippen LogP contribution < -0.4 is 10.6 Å². The quantitative estimate of drug-likeness (QED) is 0.886. The number of para-hydroxylation sites is 1. The fourth-order valence-electron chi connectivity index (χ4n) is 2.03. The van der Waals surface area contributed by atoms with Crippen molar-refractivity contribution in [2.75, 3.05) is 17.7 Å². The molecule has 0 spiro atoms. The van der Waals surface area contributed by atoms with Crippen molar-refractivity contribution in [1.29, 1.82) is 0 Å². The number of anilines is 2. The molecule has 2 aromatic rings. The molecule has 2 N–H and O–H groups in total. The third kappa shape index (κ3) is 2.94. The highest BCUT2D eigenvalue weighted by molar-refractivity contribution is 6.34. The Labute approximate surface area is 124 Å². The fraction of sp³-hybridized carbons (Fsp3) is 0.188. The van der Waals surface area contributed by atoms with Crippen molar-refractivity contribution in [2.24, 2.45) is 0 Å². The lowest BCUT2D eigenvalue weighted by atomic mass is 10.1. The molecule has 0 heterocycles. The van der Waals surface area contributed by atoms with E-state index in [1.807, 2.05) is 44.2 Å². The predicted octanol–water partition coefficient (Wildman–Crippen LogP) is 4.25. The third-order valence-corrected chi connectivity index (χ3v) is 3.46. The average molecular weight is 289 g/mol. The molecule has 0 aliphatic heterocycles. The van der Waals surface area contributed by atoms with Gasteiger partial charge in [0.1, 0.15) is 0 Å². The summed E-state index contributed by atoms with van der Waals surface area (Å²) in [5.74, 6) is -0.175. The molecule has 0 aromatic heterocycles. The van der Waals surface area contributed by atoms with E-state index in [0.717, 1.165) is 16.8 Å². The van der Waals surface area contributed by atoms with E-state index in [-0.39, 0.29) is 5.91 Å².